The second-order valence-corrected chi connectivity index (χ2v) is 4.68. The van der Waals surface area contributed by atoms with Gasteiger partial charge in [-0.3, -0.25) is 0 Å². The Kier molecular flexibility index (Phi) is 5.14. The number of alkyl halides is 2. The van der Waals surface area contributed by atoms with Crippen LogP contribution >= 0.6 is 0 Å². The van der Waals surface area contributed by atoms with Crippen LogP contribution in [0.4, 0.5) is 8.78 Å². The topological polar surface area (TPSA) is 44.8 Å². The Labute approximate surface area is 121 Å². The van der Waals surface area contributed by atoms with Gasteiger partial charge < -0.3 is 14.2 Å². The molecule has 0 atom stereocenters. The maximum atomic E-state index is 12.4. The molecule has 114 valence electrons. The second-order valence-electron chi connectivity index (χ2n) is 4.68. The monoisotopic (exact) mass is 300 g/mol. The zero-order valence-corrected chi connectivity index (χ0v) is 11.4. The van der Waals surface area contributed by atoms with Crippen LogP contribution in [-0.4, -0.2) is 25.8 Å². The second kappa shape index (κ2) is 7.06. The smallest absolute Gasteiger partial charge is 0.387 e. The summed E-state index contributed by atoms with van der Waals surface area (Å²) in [5, 5.41) is 0. The van der Waals surface area contributed by atoms with Gasteiger partial charge in [-0.1, -0.05) is 12.7 Å². The summed E-state index contributed by atoms with van der Waals surface area (Å²) < 4.78 is 39.5. The Morgan fingerprint density at radius 2 is 2.14 bits per heavy atom. The molecule has 0 N–H and O–H groups in total. The third-order valence-electron chi connectivity index (χ3n) is 2.90. The van der Waals surface area contributed by atoms with Gasteiger partial charge in [-0.05, 0) is 37.0 Å². The van der Waals surface area contributed by atoms with E-state index in [0.717, 1.165) is 12.8 Å². The van der Waals surface area contributed by atoms with E-state index in [-0.39, 0.29) is 23.7 Å². The minimum Gasteiger partial charge on any atom is -0.489 e. The summed E-state index contributed by atoms with van der Waals surface area (Å²) in [5.41, 5.74) is 0.212. The standard InChI is InChI=1S/C15H16F2O4/c1-2-7-19-14(18)11-5-6-12(21-15(16)17)13(8-11)20-9-10-3-4-10/h2,5-6,8,10,15H,1,3-4,7,9H2/i14+2. The summed E-state index contributed by atoms with van der Waals surface area (Å²) in [5.74, 6) is -0.100. The molecule has 2 rings (SSSR count). The predicted octanol–water partition coefficient (Wildman–Crippen LogP) is 3.42. The van der Waals surface area contributed by atoms with Crippen LogP contribution in [0, 0.1) is 5.92 Å². The van der Waals surface area contributed by atoms with E-state index in [0.29, 0.717) is 12.5 Å². The van der Waals surface area contributed by atoms with E-state index in [1.54, 1.807) is 0 Å². The van der Waals surface area contributed by atoms with Crippen LogP contribution in [0.1, 0.15) is 23.2 Å². The van der Waals surface area contributed by atoms with Gasteiger partial charge in [0.05, 0.1) is 12.2 Å². The molecule has 1 aliphatic carbocycles. The lowest BCUT2D eigenvalue weighted by Crippen LogP contribution is -2.09. The van der Waals surface area contributed by atoms with Crippen molar-refractivity contribution in [3.8, 4) is 11.5 Å². The Balaban J connectivity index is 2.13. The number of esters is 1. The molecule has 1 aromatic carbocycles. The van der Waals surface area contributed by atoms with E-state index in [4.69, 9.17) is 9.47 Å². The van der Waals surface area contributed by atoms with Crippen molar-refractivity contribution in [2.45, 2.75) is 19.5 Å². The Morgan fingerprint density at radius 1 is 1.38 bits per heavy atom. The number of ether oxygens (including phenoxy) is 3. The van der Waals surface area contributed by atoms with Gasteiger partial charge in [-0.2, -0.15) is 8.78 Å². The number of hydrogen-bond acceptors (Lipinski definition) is 4. The molecule has 1 aromatic rings. The highest BCUT2D eigenvalue weighted by Gasteiger charge is 2.23. The molecule has 0 saturated heterocycles. The first-order chi connectivity index (χ1) is 10.1. The van der Waals surface area contributed by atoms with Crippen LogP contribution < -0.4 is 9.47 Å². The number of benzene rings is 1. The molecule has 1 saturated carbocycles. The summed E-state index contributed by atoms with van der Waals surface area (Å²) in [6.07, 6.45) is 3.56. The van der Waals surface area contributed by atoms with Crippen LogP contribution in [0.3, 0.4) is 0 Å². The average Bonchev–Trinajstić information content (AvgIpc) is 3.27. The predicted molar refractivity (Wildman–Crippen MR) is 71.8 cm³/mol. The van der Waals surface area contributed by atoms with Crippen LogP contribution in [0.5, 0.6) is 11.5 Å². The summed E-state index contributed by atoms with van der Waals surface area (Å²) >= 11 is 0. The van der Waals surface area contributed by atoms with Crippen LogP contribution in [0.15, 0.2) is 30.9 Å². The molecule has 0 aromatic heterocycles. The molecule has 6 heteroatoms. The molecule has 1 aliphatic rings. The lowest BCUT2D eigenvalue weighted by molar-refractivity contribution is -0.0515. The largest absolute Gasteiger partial charge is 0.489 e. The van der Waals surface area contributed by atoms with Gasteiger partial charge in [0.1, 0.15) is 6.61 Å². The fourth-order valence-corrected chi connectivity index (χ4v) is 1.65. The van der Waals surface area contributed by atoms with Gasteiger partial charge in [0.2, 0.25) is 0 Å². The molecular formula is C15H16F2O4. The van der Waals surface area contributed by atoms with Crippen molar-refractivity contribution in [1.29, 1.82) is 0 Å². The molecule has 0 heterocycles. The first-order valence-electron chi connectivity index (χ1n) is 6.60. The summed E-state index contributed by atoms with van der Waals surface area (Å²) in [4.78, 5) is 11.7. The summed E-state index contributed by atoms with van der Waals surface area (Å²) in [6, 6.07) is 3.98. The van der Waals surface area contributed by atoms with Crippen molar-refractivity contribution >= 4 is 5.97 Å². The van der Waals surface area contributed by atoms with Crippen molar-refractivity contribution in [2.75, 3.05) is 13.2 Å². The van der Waals surface area contributed by atoms with E-state index < -0.39 is 12.6 Å². The van der Waals surface area contributed by atoms with Crippen molar-refractivity contribution in [1.82, 2.24) is 0 Å². The first-order valence-corrected chi connectivity index (χ1v) is 6.60. The van der Waals surface area contributed by atoms with E-state index in [1.807, 2.05) is 0 Å². The van der Waals surface area contributed by atoms with Crippen LogP contribution in [0.25, 0.3) is 0 Å². The molecule has 0 aliphatic heterocycles. The van der Waals surface area contributed by atoms with Gasteiger partial charge in [0, 0.05) is 0 Å². The van der Waals surface area contributed by atoms with Crippen molar-refractivity contribution < 1.29 is 27.8 Å². The summed E-state index contributed by atoms with van der Waals surface area (Å²) in [7, 11) is 0. The molecule has 0 radical (unpaired) electrons. The summed E-state index contributed by atoms with van der Waals surface area (Å²) in [6.45, 7) is 0.986. The fourth-order valence-electron chi connectivity index (χ4n) is 1.65. The minimum atomic E-state index is -2.95. The minimum absolute atomic E-state index is 0.0758. The first kappa shape index (κ1) is 15.3. The van der Waals surface area contributed by atoms with E-state index in [1.165, 1.54) is 24.3 Å². The van der Waals surface area contributed by atoms with Gasteiger partial charge in [0.25, 0.3) is 0 Å². The van der Waals surface area contributed by atoms with E-state index >= 15 is 0 Å². The Bertz CT molecular complexity index is 512. The number of carbonyl (C=O) groups excluding carboxylic acids is 1. The quantitative estimate of drug-likeness (QED) is 0.545. The molecule has 21 heavy (non-hydrogen) atoms. The number of rotatable bonds is 8. The Morgan fingerprint density at radius 3 is 2.76 bits per heavy atom. The lowest BCUT2D eigenvalue weighted by atomic mass is 10.3. The normalized spacial score (nSPS) is 13.9. The van der Waals surface area contributed by atoms with Crippen molar-refractivity contribution in [3.63, 3.8) is 0 Å². The molecule has 0 unspecified atom stereocenters. The van der Waals surface area contributed by atoms with E-state index in [9.17, 15) is 13.6 Å². The number of halogens is 2. The molecule has 0 spiro atoms. The van der Waals surface area contributed by atoms with Crippen LogP contribution in [0.2, 0.25) is 0 Å². The average molecular weight is 300 g/mol. The zero-order chi connectivity index (χ0) is 15.2. The van der Waals surface area contributed by atoms with Gasteiger partial charge in [0.15, 0.2) is 11.5 Å². The molecular weight excluding hydrogens is 284 g/mol. The highest BCUT2D eigenvalue weighted by Crippen LogP contribution is 2.34. The number of carbonyl (C=O) groups is 1. The maximum absolute atomic E-state index is 12.4. The third kappa shape index (κ3) is 4.73. The fraction of sp³-hybridized carbons (Fsp3) is 0.400. The highest BCUT2D eigenvalue weighted by atomic mass is 19.3. The molecule has 0 amide bonds. The zero-order valence-electron chi connectivity index (χ0n) is 11.4. The van der Waals surface area contributed by atoms with Gasteiger partial charge in [-0.15, -0.1) is 0 Å². The van der Waals surface area contributed by atoms with Crippen molar-refractivity contribution in [2.24, 2.45) is 5.92 Å². The highest BCUT2D eigenvalue weighted by molar-refractivity contribution is 5.90. The lowest BCUT2D eigenvalue weighted by Gasteiger charge is -2.13. The molecule has 0 bridgehead atoms. The SMILES string of the molecule is C=CCO[14C](=O)c1ccc(OC(F)F)c(OCC2CC2)c1. The number of hydrogen-bond donors (Lipinski definition) is 0. The van der Waals surface area contributed by atoms with Crippen LogP contribution in [-0.2, 0) is 4.74 Å². The molecule has 1 fully saturated rings. The maximum Gasteiger partial charge on any atom is 0.387 e. The molecule has 4 nitrogen and oxygen atoms in total. The Hall–Kier alpha value is -2.11. The van der Waals surface area contributed by atoms with Gasteiger partial charge >= 0.3 is 12.6 Å². The van der Waals surface area contributed by atoms with E-state index in [2.05, 4.69) is 11.3 Å². The van der Waals surface area contributed by atoms with Gasteiger partial charge in [-0.25, -0.2) is 4.79 Å². The van der Waals surface area contributed by atoms with Crippen molar-refractivity contribution in [3.05, 3.63) is 36.4 Å². The third-order valence-corrected chi connectivity index (χ3v) is 2.90.